The fourth-order valence-electron chi connectivity index (χ4n) is 2.15. The number of benzene rings is 2. The van der Waals surface area contributed by atoms with Crippen molar-refractivity contribution < 1.29 is 9.53 Å². The molecule has 0 aliphatic rings. The first kappa shape index (κ1) is 14.6. The highest BCUT2D eigenvalue weighted by Gasteiger charge is 2.15. The maximum absolute atomic E-state index is 12.5. The zero-order valence-electron chi connectivity index (χ0n) is 12.0. The van der Waals surface area contributed by atoms with E-state index in [-0.39, 0.29) is 5.91 Å². The van der Waals surface area contributed by atoms with Crippen LogP contribution in [0.4, 0.5) is 5.69 Å². The Morgan fingerprint density at radius 2 is 2.00 bits per heavy atom. The van der Waals surface area contributed by atoms with E-state index in [4.69, 9.17) is 10.00 Å². The van der Waals surface area contributed by atoms with Crippen molar-refractivity contribution in [3.63, 3.8) is 0 Å². The number of ether oxygens (including phenoxy) is 1. The van der Waals surface area contributed by atoms with Crippen LogP contribution in [0.25, 0.3) is 0 Å². The maximum Gasteiger partial charge on any atom is 0.256 e. The van der Waals surface area contributed by atoms with Crippen LogP contribution in [-0.4, -0.2) is 13.0 Å². The monoisotopic (exact) mass is 280 g/mol. The van der Waals surface area contributed by atoms with Crippen molar-refractivity contribution in [2.24, 2.45) is 0 Å². The number of rotatable bonds is 4. The first-order valence-corrected chi connectivity index (χ1v) is 6.67. The predicted octanol–water partition coefficient (Wildman–Crippen LogP) is 3.38. The number of nitriles is 1. The van der Waals surface area contributed by atoms with E-state index in [1.165, 1.54) is 7.11 Å². The van der Waals surface area contributed by atoms with Crippen molar-refractivity contribution in [2.45, 2.75) is 13.3 Å². The molecule has 0 aliphatic heterocycles. The van der Waals surface area contributed by atoms with Crippen LogP contribution in [0, 0.1) is 11.3 Å². The molecule has 2 rings (SSSR count). The van der Waals surface area contributed by atoms with Crippen molar-refractivity contribution in [3.8, 4) is 11.8 Å². The van der Waals surface area contributed by atoms with Crippen molar-refractivity contribution in [1.82, 2.24) is 0 Å². The summed E-state index contributed by atoms with van der Waals surface area (Å²) >= 11 is 0. The third-order valence-corrected chi connectivity index (χ3v) is 3.25. The normalized spacial score (nSPS) is 9.76. The number of carbonyl (C=O) groups is 1. The Morgan fingerprint density at radius 3 is 2.67 bits per heavy atom. The second-order valence-electron chi connectivity index (χ2n) is 4.46. The largest absolute Gasteiger partial charge is 0.495 e. The lowest BCUT2D eigenvalue weighted by Crippen LogP contribution is -2.15. The molecule has 0 heterocycles. The number of aryl methyl sites for hydroxylation is 1. The number of methoxy groups -OCH3 is 1. The first-order valence-electron chi connectivity index (χ1n) is 6.67. The Kier molecular flexibility index (Phi) is 4.57. The molecule has 0 aromatic heterocycles. The van der Waals surface area contributed by atoms with Crippen LogP contribution >= 0.6 is 0 Å². The van der Waals surface area contributed by atoms with E-state index in [9.17, 15) is 4.79 Å². The summed E-state index contributed by atoms with van der Waals surface area (Å²) in [6.45, 7) is 2.00. The highest BCUT2D eigenvalue weighted by Crippen LogP contribution is 2.28. The summed E-state index contributed by atoms with van der Waals surface area (Å²) in [7, 11) is 1.51. The molecule has 0 atom stereocenters. The molecule has 0 saturated heterocycles. The Labute approximate surface area is 124 Å². The van der Waals surface area contributed by atoms with Crippen molar-refractivity contribution >= 4 is 11.6 Å². The lowest BCUT2D eigenvalue weighted by Gasteiger charge is -2.13. The molecule has 106 valence electrons. The van der Waals surface area contributed by atoms with Gasteiger partial charge in [-0.2, -0.15) is 5.26 Å². The number of hydrogen-bond donors (Lipinski definition) is 1. The molecular weight excluding hydrogens is 264 g/mol. The molecule has 0 aliphatic carbocycles. The van der Waals surface area contributed by atoms with Gasteiger partial charge in [0, 0.05) is 5.56 Å². The van der Waals surface area contributed by atoms with Gasteiger partial charge in [-0.15, -0.1) is 0 Å². The van der Waals surface area contributed by atoms with Gasteiger partial charge >= 0.3 is 0 Å². The minimum absolute atomic E-state index is 0.242. The molecule has 0 saturated carbocycles. The Bertz CT molecular complexity index is 702. The minimum atomic E-state index is -0.242. The van der Waals surface area contributed by atoms with Gasteiger partial charge in [-0.05, 0) is 30.2 Å². The Hall–Kier alpha value is -2.80. The Morgan fingerprint density at radius 1 is 1.24 bits per heavy atom. The van der Waals surface area contributed by atoms with Crippen molar-refractivity contribution in [2.75, 3.05) is 12.4 Å². The molecular formula is C17H16N2O2. The average molecular weight is 280 g/mol. The summed E-state index contributed by atoms with van der Waals surface area (Å²) in [5.41, 5.74) is 2.34. The zero-order chi connectivity index (χ0) is 15.2. The van der Waals surface area contributed by atoms with Gasteiger partial charge in [-0.25, -0.2) is 0 Å². The van der Waals surface area contributed by atoms with Crippen molar-refractivity contribution in [3.05, 3.63) is 59.2 Å². The number of anilines is 1. The summed E-state index contributed by atoms with van der Waals surface area (Å²) in [6, 6.07) is 14.5. The highest BCUT2D eigenvalue weighted by atomic mass is 16.5. The number of hydrogen-bond acceptors (Lipinski definition) is 3. The van der Waals surface area contributed by atoms with E-state index in [0.29, 0.717) is 22.6 Å². The van der Waals surface area contributed by atoms with Crippen LogP contribution in [0.1, 0.15) is 28.4 Å². The van der Waals surface area contributed by atoms with Crippen LogP contribution < -0.4 is 10.1 Å². The molecule has 2 aromatic rings. The highest BCUT2D eigenvalue weighted by molar-refractivity contribution is 6.06. The lowest BCUT2D eigenvalue weighted by atomic mass is 10.0. The van der Waals surface area contributed by atoms with E-state index >= 15 is 0 Å². The number of nitrogens with zero attached hydrogens (tertiary/aromatic N) is 1. The number of carbonyl (C=O) groups excluding carboxylic acids is 1. The van der Waals surface area contributed by atoms with Gasteiger partial charge in [-0.1, -0.05) is 31.2 Å². The lowest BCUT2D eigenvalue weighted by molar-refractivity contribution is 0.102. The summed E-state index contributed by atoms with van der Waals surface area (Å²) in [5, 5.41) is 12.0. The van der Waals surface area contributed by atoms with Gasteiger partial charge in [0.25, 0.3) is 5.91 Å². The summed E-state index contributed by atoms with van der Waals surface area (Å²) < 4.78 is 5.22. The molecule has 0 fully saturated rings. The summed E-state index contributed by atoms with van der Waals surface area (Å²) in [5.74, 6) is 0.227. The van der Waals surface area contributed by atoms with Gasteiger partial charge < -0.3 is 10.1 Å². The van der Waals surface area contributed by atoms with Crippen molar-refractivity contribution in [1.29, 1.82) is 5.26 Å². The van der Waals surface area contributed by atoms with Crippen LogP contribution in [0.2, 0.25) is 0 Å². The molecule has 1 amide bonds. The summed E-state index contributed by atoms with van der Waals surface area (Å²) in [6.07, 6.45) is 0.765. The predicted molar refractivity (Wildman–Crippen MR) is 81.5 cm³/mol. The van der Waals surface area contributed by atoms with Gasteiger partial charge in [0.1, 0.15) is 17.5 Å². The molecule has 0 bridgehead atoms. The standard InChI is InChI=1S/C17H16N2O2/c1-3-12-7-4-5-9-14(12)17(20)19-16-13(11-18)8-6-10-15(16)21-2/h4-10H,3H2,1-2H3,(H,19,20). The third-order valence-electron chi connectivity index (χ3n) is 3.25. The molecule has 4 nitrogen and oxygen atoms in total. The molecule has 0 unspecified atom stereocenters. The van der Waals surface area contributed by atoms with Crippen LogP contribution in [0.3, 0.4) is 0 Å². The van der Waals surface area contributed by atoms with E-state index in [0.717, 1.165) is 12.0 Å². The van der Waals surface area contributed by atoms with E-state index in [1.54, 1.807) is 24.3 Å². The third kappa shape index (κ3) is 3.03. The summed E-state index contributed by atoms with van der Waals surface area (Å²) in [4.78, 5) is 12.5. The molecule has 0 radical (unpaired) electrons. The van der Waals surface area contributed by atoms with Gasteiger partial charge in [-0.3, -0.25) is 4.79 Å². The molecule has 21 heavy (non-hydrogen) atoms. The number of nitrogens with one attached hydrogen (secondary N) is 1. The second kappa shape index (κ2) is 6.58. The molecule has 2 aromatic carbocycles. The first-order chi connectivity index (χ1) is 10.2. The van der Waals surface area contributed by atoms with E-state index in [2.05, 4.69) is 11.4 Å². The number of amides is 1. The molecule has 0 spiro atoms. The van der Waals surface area contributed by atoms with Crippen LogP contribution in [0.15, 0.2) is 42.5 Å². The van der Waals surface area contributed by atoms with Gasteiger partial charge in [0.15, 0.2) is 0 Å². The second-order valence-corrected chi connectivity index (χ2v) is 4.46. The van der Waals surface area contributed by atoms with Gasteiger partial charge in [0.05, 0.1) is 12.7 Å². The van der Waals surface area contributed by atoms with Gasteiger partial charge in [0.2, 0.25) is 0 Å². The topological polar surface area (TPSA) is 62.1 Å². The number of para-hydroxylation sites is 1. The average Bonchev–Trinajstić information content (AvgIpc) is 2.54. The minimum Gasteiger partial charge on any atom is -0.495 e. The van der Waals surface area contributed by atoms with Crippen LogP contribution in [0.5, 0.6) is 5.75 Å². The quantitative estimate of drug-likeness (QED) is 0.933. The van der Waals surface area contributed by atoms with E-state index < -0.39 is 0 Å². The fourth-order valence-corrected chi connectivity index (χ4v) is 2.15. The van der Waals surface area contributed by atoms with E-state index in [1.807, 2.05) is 25.1 Å². The SMILES string of the molecule is CCc1ccccc1C(=O)Nc1c(C#N)cccc1OC. The fraction of sp³-hybridized carbons (Fsp3) is 0.176. The molecule has 1 N–H and O–H groups in total. The zero-order valence-corrected chi connectivity index (χ0v) is 12.0. The Balaban J connectivity index is 2.39. The van der Waals surface area contributed by atoms with Crippen LogP contribution in [-0.2, 0) is 6.42 Å². The smallest absolute Gasteiger partial charge is 0.256 e. The molecule has 4 heteroatoms. The maximum atomic E-state index is 12.5.